The molecule has 1 aliphatic rings. The average molecular weight is 624 g/mol. The third kappa shape index (κ3) is 7.54. The van der Waals surface area contributed by atoms with Gasteiger partial charge in [-0.2, -0.15) is 0 Å². The Morgan fingerprint density at radius 1 is 1.09 bits per heavy atom. The number of benzene rings is 3. The number of amides is 1. The molecule has 1 unspecified atom stereocenters. The molecule has 0 saturated heterocycles. The summed E-state index contributed by atoms with van der Waals surface area (Å²) < 4.78 is 38.7. The van der Waals surface area contributed by atoms with E-state index in [1.807, 2.05) is 0 Å². The average Bonchev–Trinajstić information content (AvgIpc) is 3.44. The van der Waals surface area contributed by atoms with E-state index < -0.39 is 45.9 Å². The summed E-state index contributed by atoms with van der Waals surface area (Å²) in [4.78, 5) is 21.7. The summed E-state index contributed by atoms with van der Waals surface area (Å²) in [6.07, 6.45) is -2.40. The van der Waals surface area contributed by atoms with Crippen molar-refractivity contribution < 1.29 is 38.0 Å². The third-order valence-electron chi connectivity index (χ3n) is 6.96. The summed E-state index contributed by atoms with van der Waals surface area (Å²) in [5, 5.41) is 34.6. The van der Waals surface area contributed by atoms with Crippen LogP contribution < -0.4 is 10.1 Å². The summed E-state index contributed by atoms with van der Waals surface area (Å²) in [6, 6.07) is 20.9. The lowest BCUT2D eigenvalue weighted by atomic mass is 9.84. The Bertz CT molecular complexity index is 1610. The van der Waals surface area contributed by atoms with Gasteiger partial charge in [-0.15, -0.1) is 0 Å². The van der Waals surface area contributed by atoms with Crippen LogP contribution in [0.1, 0.15) is 30.1 Å². The molecular formula is C30H33N5O8S. The lowest BCUT2D eigenvalue weighted by Crippen LogP contribution is -2.51. The number of nitrogens with zero attached hydrogens (tertiary/aromatic N) is 4. The fraction of sp³-hybridized carbons (Fsp3) is 0.333. The fourth-order valence-electron chi connectivity index (χ4n) is 4.66. The zero-order valence-electron chi connectivity index (χ0n) is 23.7. The zero-order valence-corrected chi connectivity index (χ0v) is 24.5. The molecule has 1 heterocycles. The molecule has 0 saturated carbocycles. The fourth-order valence-corrected chi connectivity index (χ4v) is 6.05. The maximum atomic E-state index is 14.0. The van der Waals surface area contributed by atoms with E-state index >= 15 is 0 Å². The summed E-state index contributed by atoms with van der Waals surface area (Å²) in [7, 11) is -3.89. The molecule has 0 fully saturated rings. The first kappa shape index (κ1) is 32.5. The van der Waals surface area contributed by atoms with E-state index in [-0.39, 0.29) is 36.1 Å². The number of azide groups is 1. The van der Waals surface area contributed by atoms with E-state index in [1.165, 1.54) is 18.2 Å². The number of sulfone groups is 1. The number of carbonyl (C=O) groups excluding carboxylic acids is 1. The SMILES string of the molecule is [N-]=[N+]=Nc1ccccc1[C@@H]1OC(c2ccc(OCCCO)cc2)=N[C@]1(CCS(=O)(=O)c1ccccc1)C(=O)NCC(O)CO. The van der Waals surface area contributed by atoms with Gasteiger partial charge in [-0.3, -0.25) is 4.79 Å². The van der Waals surface area contributed by atoms with Crippen molar-refractivity contribution in [2.45, 2.75) is 35.5 Å². The van der Waals surface area contributed by atoms with Crippen molar-refractivity contribution in [3.8, 4) is 5.75 Å². The summed E-state index contributed by atoms with van der Waals surface area (Å²) in [5.41, 5.74) is 8.23. The van der Waals surface area contributed by atoms with Crippen molar-refractivity contribution in [2.75, 3.05) is 32.1 Å². The molecule has 0 radical (unpaired) electrons. The van der Waals surface area contributed by atoms with E-state index in [1.54, 1.807) is 60.7 Å². The zero-order chi connectivity index (χ0) is 31.6. The van der Waals surface area contributed by atoms with Crippen LogP contribution in [0.2, 0.25) is 0 Å². The van der Waals surface area contributed by atoms with Gasteiger partial charge < -0.3 is 30.1 Å². The van der Waals surface area contributed by atoms with Crippen LogP contribution in [0, 0.1) is 0 Å². The molecule has 4 rings (SSSR count). The van der Waals surface area contributed by atoms with Crippen molar-refractivity contribution in [2.24, 2.45) is 10.1 Å². The number of carbonyl (C=O) groups is 1. The molecule has 13 nitrogen and oxygen atoms in total. The van der Waals surface area contributed by atoms with Crippen LogP contribution in [0.15, 0.2) is 93.9 Å². The minimum atomic E-state index is -3.89. The normalized spacial score (nSPS) is 18.4. The topological polar surface area (TPSA) is 204 Å². The summed E-state index contributed by atoms with van der Waals surface area (Å²) in [6.45, 7) is -0.653. The van der Waals surface area contributed by atoms with Crippen LogP contribution in [-0.4, -0.2) is 79.3 Å². The van der Waals surface area contributed by atoms with Gasteiger partial charge in [0.2, 0.25) is 5.90 Å². The highest BCUT2D eigenvalue weighted by molar-refractivity contribution is 7.91. The van der Waals surface area contributed by atoms with E-state index in [0.29, 0.717) is 29.9 Å². The lowest BCUT2D eigenvalue weighted by Gasteiger charge is -2.31. The van der Waals surface area contributed by atoms with Gasteiger partial charge in [0.1, 0.15) is 5.75 Å². The molecule has 0 aliphatic carbocycles. The first-order chi connectivity index (χ1) is 21.2. The Kier molecular flexibility index (Phi) is 10.9. The molecule has 3 aromatic carbocycles. The highest BCUT2D eigenvalue weighted by atomic mass is 32.2. The smallest absolute Gasteiger partial charge is 0.252 e. The molecule has 1 amide bonds. The predicted octanol–water partition coefficient (Wildman–Crippen LogP) is 2.98. The Hall–Kier alpha value is -4.46. The lowest BCUT2D eigenvalue weighted by molar-refractivity contribution is -0.129. The Morgan fingerprint density at radius 2 is 1.80 bits per heavy atom. The number of hydrogen-bond donors (Lipinski definition) is 4. The maximum absolute atomic E-state index is 14.0. The molecule has 4 N–H and O–H groups in total. The molecule has 232 valence electrons. The number of aliphatic hydroxyl groups is 3. The summed E-state index contributed by atoms with van der Waals surface area (Å²) in [5.74, 6) is -0.692. The van der Waals surface area contributed by atoms with Crippen molar-refractivity contribution in [1.82, 2.24) is 5.32 Å². The Morgan fingerprint density at radius 3 is 2.48 bits per heavy atom. The molecule has 44 heavy (non-hydrogen) atoms. The number of hydrogen-bond acceptors (Lipinski definition) is 10. The first-order valence-electron chi connectivity index (χ1n) is 13.8. The number of nitrogens with one attached hydrogen (secondary N) is 1. The van der Waals surface area contributed by atoms with E-state index in [2.05, 4.69) is 15.3 Å². The Balaban J connectivity index is 1.81. The minimum Gasteiger partial charge on any atom is -0.494 e. The minimum absolute atomic E-state index is 0.0130. The maximum Gasteiger partial charge on any atom is 0.252 e. The molecule has 1 aliphatic heterocycles. The second kappa shape index (κ2) is 14.8. The van der Waals surface area contributed by atoms with Crippen molar-refractivity contribution in [3.63, 3.8) is 0 Å². The highest BCUT2D eigenvalue weighted by Gasteiger charge is 2.54. The second-order valence-corrected chi connectivity index (χ2v) is 12.1. The number of ether oxygens (including phenoxy) is 2. The molecule has 0 bridgehead atoms. The van der Waals surface area contributed by atoms with Gasteiger partial charge in [0, 0.05) is 47.7 Å². The van der Waals surface area contributed by atoms with E-state index in [0.717, 1.165) is 0 Å². The van der Waals surface area contributed by atoms with Crippen molar-refractivity contribution in [3.05, 3.63) is 100 Å². The largest absolute Gasteiger partial charge is 0.494 e. The van der Waals surface area contributed by atoms with Crippen LogP contribution in [0.3, 0.4) is 0 Å². The van der Waals surface area contributed by atoms with Crippen molar-refractivity contribution in [1.29, 1.82) is 0 Å². The summed E-state index contributed by atoms with van der Waals surface area (Å²) >= 11 is 0. The van der Waals surface area contributed by atoms with Gasteiger partial charge >= 0.3 is 0 Å². The van der Waals surface area contributed by atoms with Gasteiger partial charge in [0.25, 0.3) is 5.91 Å². The van der Waals surface area contributed by atoms with Crippen LogP contribution >= 0.6 is 0 Å². The van der Waals surface area contributed by atoms with Crippen LogP contribution in [-0.2, 0) is 19.4 Å². The standard InChI is InChI=1S/C30H33N5O8S/c31-35-34-26-10-5-4-9-25(26)27-30(29(39)32-19-22(38)20-37,15-18-44(40,41)24-7-2-1-3-8-24)33-28(43-27)21-11-13-23(14-12-21)42-17-6-16-36/h1-5,7-14,22,27,36-38H,6,15-20H2,(H,32,39)/t22?,27-,30-/m0/s1. The van der Waals surface area contributed by atoms with Gasteiger partial charge in [0.05, 0.1) is 30.0 Å². The monoisotopic (exact) mass is 623 g/mol. The van der Waals surface area contributed by atoms with Crippen LogP contribution in [0.25, 0.3) is 10.4 Å². The number of aliphatic hydroxyl groups excluding tert-OH is 3. The van der Waals surface area contributed by atoms with Gasteiger partial charge in [-0.1, -0.05) is 47.6 Å². The van der Waals surface area contributed by atoms with Gasteiger partial charge in [0.15, 0.2) is 21.5 Å². The molecule has 0 spiro atoms. The molecule has 14 heteroatoms. The first-order valence-corrected chi connectivity index (χ1v) is 15.5. The Labute approximate surface area is 254 Å². The predicted molar refractivity (Wildman–Crippen MR) is 161 cm³/mol. The van der Waals surface area contributed by atoms with E-state index in [4.69, 9.17) is 19.6 Å². The highest BCUT2D eigenvalue weighted by Crippen LogP contribution is 2.45. The third-order valence-corrected chi connectivity index (χ3v) is 8.70. The van der Waals surface area contributed by atoms with Gasteiger partial charge in [-0.25, -0.2) is 13.4 Å². The molecular weight excluding hydrogens is 590 g/mol. The van der Waals surface area contributed by atoms with Crippen molar-refractivity contribution >= 4 is 27.3 Å². The van der Waals surface area contributed by atoms with Gasteiger partial charge in [-0.05, 0) is 41.9 Å². The second-order valence-electron chi connectivity index (χ2n) is 9.97. The van der Waals surface area contributed by atoms with E-state index in [9.17, 15) is 29.0 Å². The number of rotatable bonds is 15. The molecule has 3 atom stereocenters. The van der Waals surface area contributed by atoms with Crippen LogP contribution in [0.5, 0.6) is 5.75 Å². The van der Waals surface area contributed by atoms with Crippen LogP contribution in [0.4, 0.5) is 5.69 Å². The number of aliphatic imine (C=N–C) groups is 1. The molecule has 0 aromatic heterocycles. The quantitative estimate of drug-likeness (QED) is 0.0855. The molecule has 3 aromatic rings.